The van der Waals surface area contributed by atoms with Crippen LogP contribution in [0.2, 0.25) is 0 Å². The first-order valence-corrected chi connectivity index (χ1v) is 9.69. The Morgan fingerprint density at radius 1 is 1.17 bits per heavy atom. The van der Waals surface area contributed by atoms with Crippen LogP contribution in [0.3, 0.4) is 0 Å². The number of piperidine rings is 1. The van der Waals surface area contributed by atoms with E-state index < -0.39 is 0 Å². The van der Waals surface area contributed by atoms with Crippen molar-refractivity contribution in [1.29, 1.82) is 0 Å². The van der Waals surface area contributed by atoms with Crippen LogP contribution in [0.5, 0.6) is 0 Å². The largest absolute Gasteiger partial charge is 0.443 e. The van der Waals surface area contributed by atoms with Crippen LogP contribution in [0.4, 0.5) is 0 Å². The van der Waals surface area contributed by atoms with Crippen LogP contribution in [0.15, 0.2) is 59.4 Å². The summed E-state index contributed by atoms with van der Waals surface area (Å²) in [6.45, 7) is 1.96. The number of carbonyl (C=O) groups excluding carboxylic acids is 1. The number of hydrogen-bond donors (Lipinski definition) is 1. The van der Waals surface area contributed by atoms with Gasteiger partial charge in [-0.05, 0) is 53.9 Å². The van der Waals surface area contributed by atoms with E-state index in [2.05, 4.69) is 40.0 Å². The molecule has 0 bridgehead atoms. The number of carbonyl (C=O) groups is 1. The van der Waals surface area contributed by atoms with Crippen LogP contribution >= 0.6 is 0 Å². The molecule has 3 heterocycles. The smallest absolute Gasteiger partial charge is 0.289 e. The minimum atomic E-state index is -0.0910. The number of aromatic nitrogens is 2. The molecule has 1 amide bonds. The fourth-order valence-corrected chi connectivity index (χ4v) is 3.56. The molecule has 1 aliphatic rings. The van der Waals surface area contributed by atoms with Gasteiger partial charge in [0.2, 0.25) is 0 Å². The lowest BCUT2D eigenvalue weighted by atomic mass is 9.88. The molecule has 146 valence electrons. The third kappa shape index (κ3) is 4.53. The number of nitrogens with two attached hydrogens (primary N) is 1. The van der Waals surface area contributed by atoms with E-state index in [9.17, 15) is 4.79 Å². The van der Waals surface area contributed by atoms with Gasteiger partial charge in [0.15, 0.2) is 11.5 Å². The molecule has 2 aromatic heterocycles. The van der Waals surface area contributed by atoms with Gasteiger partial charge in [0.05, 0.1) is 6.20 Å². The average Bonchev–Trinajstić information content (AvgIpc) is 3.27. The molecule has 3 aromatic rings. The Hall–Kier alpha value is -3.43. The second-order valence-electron chi connectivity index (χ2n) is 7.02. The van der Waals surface area contributed by atoms with Gasteiger partial charge in [0, 0.05) is 32.0 Å². The molecule has 0 radical (unpaired) electrons. The van der Waals surface area contributed by atoms with Crippen molar-refractivity contribution in [3.05, 3.63) is 83.3 Å². The SMILES string of the molecule is NCc1cccc(C2CCN(C(=O)c3ccc(C#Cc4cnccn4)o3)CC2)c1. The number of furan rings is 1. The number of hydrogen-bond acceptors (Lipinski definition) is 5. The Bertz CT molecular complexity index is 1040. The summed E-state index contributed by atoms with van der Waals surface area (Å²) in [6.07, 6.45) is 6.61. The fraction of sp³-hybridized carbons (Fsp3) is 0.261. The van der Waals surface area contributed by atoms with E-state index >= 15 is 0 Å². The zero-order valence-electron chi connectivity index (χ0n) is 16.0. The van der Waals surface area contributed by atoms with Gasteiger partial charge in [-0.2, -0.15) is 0 Å². The summed E-state index contributed by atoms with van der Waals surface area (Å²) in [4.78, 5) is 22.7. The van der Waals surface area contributed by atoms with Gasteiger partial charge < -0.3 is 15.1 Å². The van der Waals surface area contributed by atoms with Crippen LogP contribution in [-0.4, -0.2) is 33.9 Å². The molecule has 0 aliphatic carbocycles. The van der Waals surface area contributed by atoms with Crippen molar-refractivity contribution in [3.63, 3.8) is 0 Å². The predicted octanol–water partition coefficient (Wildman–Crippen LogP) is 2.95. The maximum atomic E-state index is 12.8. The summed E-state index contributed by atoms with van der Waals surface area (Å²) in [6, 6.07) is 11.8. The quantitative estimate of drug-likeness (QED) is 0.700. The lowest BCUT2D eigenvalue weighted by Crippen LogP contribution is -2.37. The van der Waals surface area contributed by atoms with Crippen LogP contribution < -0.4 is 5.73 Å². The molecule has 0 spiro atoms. The Balaban J connectivity index is 1.37. The zero-order valence-corrected chi connectivity index (χ0v) is 16.0. The summed E-state index contributed by atoms with van der Waals surface area (Å²) in [5, 5.41) is 0. The van der Waals surface area contributed by atoms with Crippen LogP contribution in [0, 0.1) is 11.8 Å². The van der Waals surface area contributed by atoms with Crippen molar-refractivity contribution in [2.75, 3.05) is 13.1 Å². The van der Waals surface area contributed by atoms with Gasteiger partial charge in [0.1, 0.15) is 5.69 Å². The predicted molar refractivity (Wildman–Crippen MR) is 109 cm³/mol. The van der Waals surface area contributed by atoms with E-state index in [4.69, 9.17) is 10.2 Å². The number of benzene rings is 1. The normalized spacial score (nSPS) is 14.3. The number of likely N-dealkylation sites (tertiary alicyclic amines) is 1. The highest BCUT2D eigenvalue weighted by molar-refractivity contribution is 5.91. The first kappa shape index (κ1) is 18.9. The van der Waals surface area contributed by atoms with E-state index in [0.717, 1.165) is 18.4 Å². The average molecular weight is 386 g/mol. The topological polar surface area (TPSA) is 85.2 Å². The highest BCUT2D eigenvalue weighted by atomic mass is 16.3. The Morgan fingerprint density at radius 2 is 2.03 bits per heavy atom. The van der Waals surface area contributed by atoms with Gasteiger partial charge in [-0.1, -0.05) is 24.3 Å². The second kappa shape index (κ2) is 8.72. The molecule has 1 aromatic carbocycles. The summed E-state index contributed by atoms with van der Waals surface area (Å²) in [5.41, 5.74) is 8.76. The van der Waals surface area contributed by atoms with Crippen LogP contribution in [-0.2, 0) is 6.54 Å². The van der Waals surface area contributed by atoms with Crippen molar-refractivity contribution < 1.29 is 9.21 Å². The minimum absolute atomic E-state index is 0.0910. The molecule has 0 atom stereocenters. The van der Waals surface area contributed by atoms with E-state index in [1.807, 2.05) is 11.0 Å². The summed E-state index contributed by atoms with van der Waals surface area (Å²) < 4.78 is 5.64. The van der Waals surface area contributed by atoms with Gasteiger partial charge in [0.25, 0.3) is 5.91 Å². The number of rotatable bonds is 3. The fourth-order valence-electron chi connectivity index (χ4n) is 3.56. The first-order chi connectivity index (χ1) is 14.2. The highest BCUT2D eigenvalue weighted by Crippen LogP contribution is 2.29. The van der Waals surface area contributed by atoms with Gasteiger partial charge in [-0.15, -0.1) is 0 Å². The minimum Gasteiger partial charge on any atom is -0.443 e. The molecule has 2 N–H and O–H groups in total. The maximum Gasteiger partial charge on any atom is 0.289 e. The summed E-state index contributed by atoms with van der Waals surface area (Å²) >= 11 is 0. The van der Waals surface area contributed by atoms with Crippen molar-refractivity contribution in [2.45, 2.75) is 25.3 Å². The van der Waals surface area contributed by atoms with Gasteiger partial charge in [-0.3, -0.25) is 9.78 Å². The second-order valence-corrected chi connectivity index (χ2v) is 7.02. The highest BCUT2D eigenvalue weighted by Gasteiger charge is 2.26. The Labute approximate surface area is 169 Å². The number of amides is 1. The van der Waals surface area contributed by atoms with E-state index in [-0.39, 0.29) is 5.91 Å². The van der Waals surface area contributed by atoms with E-state index in [1.54, 1.807) is 30.7 Å². The molecule has 4 rings (SSSR count). The molecular weight excluding hydrogens is 364 g/mol. The Morgan fingerprint density at radius 3 is 2.79 bits per heavy atom. The Kier molecular flexibility index (Phi) is 5.68. The molecule has 0 saturated carbocycles. The zero-order chi connectivity index (χ0) is 20.1. The summed E-state index contributed by atoms with van der Waals surface area (Å²) in [5.74, 6) is 6.87. The summed E-state index contributed by atoms with van der Waals surface area (Å²) in [7, 11) is 0. The van der Waals surface area contributed by atoms with Crippen molar-refractivity contribution in [3.8, 4) is 11.8 Å². The van der Waals surface area contributed by atoms with Crippen LogP contribution in [0.1, 0.15) is 51.9 Å². The standard InChI is InChI=1S/C23H22N4O2/c24-15-17-2-1-3-19(14-17)18-8-12-27(13-9-18)23(28)22-7-6-21(29-22)5-4-20-16-25-10-11-26-20/h1-3,6-7,10-11,14,16,18H,8-9,12-13,15,24H2. The maximum absolute atomic E-state index is 12.8. The molecule has 1 aliphatic heterocycles. The molecule has 0 unspecified atom stereocenters. The van der Waals surface area contributed by atoms with E-state index in [0.29, 0.717) is 42.8 Å². The van der Waals surface area contributed by atoms with E-state index in [1.165, 1.54) is 5.56 Å². The van der Waals surface area contributed by atoms with Crippen molar-refractivity contribution >= 4 is 5.91 Å². The van der Waals surface area contributed by atoms with Crippen molar-refractivity contribution in [2.24, 2.45) is 5.73 Å². The van der Waals surface area contributed by atoms with Crippen LogP contribution in [0.25, 0.3) is 0 Å². The van der Waals surface area contributed by atoms with Gasteiger partial charge >= 0.3 is 0 Å². The lowest BCUT2D eigenvalue weighted by molar-refractivity contribution is 0.0680. The third-order valence-electron chi connectivity index (χ3n) is 5.13. The van der Waals surface area contributed by atoms with Gasteiger partial charge in [-0.25, -0.2) is 4.98 Å². The molecule has 1 saturated heterocycles. The molecule has 6 nitrogen and oxygen atoms in total. The molecular formula is C23H22N4O2. The monoisotopic (exact) mass is 386 g/mol. The molecule has 29 heavy (non-hydrogen) atoms. The lowest BCUT2D eigenvalue weighted by Gasteiger charge is -2.31. The molecule has 6 heteroatoms. The van der Waals surface area contributed by atoms with Crippen molar-refractivity contribution in [1.82, 2.24) is 14.9 Å². The molecule has 1 fully saturated rings. The number of nitrogens with zero attached hydrogens (tertiary/aromatic N) is 3. The first-order valence-electron chi connectivity index (χ1n) is 9.69. The third-order valence-corrected chi connectivity index (χ3v) is 5.13.